The minimum Gasteiger partial charge on any atom is -0.467 e. The van der Waals surface area contributed by atoms with Crippen molar-refractivity contribution in [1.82, 2.24) is 5.32 Å². The van der Waals surface area contributed by atoms with Gasteiger partial charge < -0.3 is 19.2 Å². The summed E-state index contributed by atoms with van der Waals surface area (Å²) in [6.07, 6.45) is 2.65. The molecule has 1 N–H and O–H groups in total. The van der Waals surface area contributed by atoms with Gasteiger partial charge in [-0.2, -0.15) is 0 Å². The smallest absolute Gasteiger partial charge is 0.129 e. The Labute approximate surface area is 116 Å². The molecule has 0 aliphatic carbocycles. The molecule has 19 heavy (non-hydrogen) atoms. The van der Waals surface area contributed by atoms with Crippen molar-refractivity contribution in [3.05, 3.63) is 23.7 Å². The number of furan rings is 1. The normalized spacial score (nSPS) is 12.3. The van der Waals surface area contributed by atoms with E-state index in [0.717, 1.165) is 24.3 Å². The molecule has 1 aromatic rings. The summed E-state index contributed by atoms with van der Waals surface area (Å²) in [5.74, 6) is 0.871. The molecule has 0 saturated heterocycles. The van der Waals surface area contributed by atoms with Crippen LogP contribution in [0.1, 0.15) is 45.4 Å². The lowest BCUT2D eigenvalue weighted by atomic mass is 10.1. The average Bonchev–Trinajstić information content (AvgIpc) is 2.80. The molecule has 0 aliphatic heterocycles. The van der Waals surface area contributed by atoms with Crippen LogP contribution < -0.4 is 5.32 Å². The highest BCUT2D eigenvalue weighted by molar-refractivity contribution is 5.12. The second kappa shape index (κ2) is 7.68. The van der Waals surface area contributed by atoms with Crippen LogP contribution >= 0.6 is 0 Å². The first-order chi connectivity index (χ1) is 8.93. The lowest BCUT2D eigenvalue weighted by Crippen LogP contribution is -2.24. The third-order valence-corrected chi connectivity index (χ3v) is 3.07. The summed E-state index contributed by atoms with van der Waals surface area (Å²) in [6, 6.07) is 2.52. The van der Waals surface area contributed by atoms with E-state index in [1.165, 1.54) is 0 Å². The maximum absolute atomic E-state index is 5.60. The topological polar surface area (TPSA) is 43.6 Å². The summed E-state index contributed by atoms with van der Waals surface area (Å²) in [4.78, 5) is 0. The molecule has 0 bridgehead atoms. The van der Waals surface area contributed by atoms with Gasteiger partial charge in [0.25, 0.3) is 0 Å². The first-order valence-corrected chi connectivity index (χ1v) is 6.85. The predicted octanol–water partition coefficient (Wildman–Crippen LogP) is 3.11. The van der Waals surface area contributed by atoms with Crippen molar-refractivity contribution in [1.29, 1.82) is 0 Å². The molecule has 4 heteroatoms. The third-order valence-electron chi connectivity index (χ3n) is 3.07. The van der Waals surface area contributed by atoms with Crippen molar-refractivity contribution in [2.45, 2.75) is 58.9 Å². The highest BCUT2D eigenvalue weighted by Gasteiger charge is 2.15. The number of hydrogen-bond acceptors (Lipinski definition) is 4. The maximum Gasteiger partial charge on any atom is 0.129 e. The van der Waals surface area contributed by atoms with Crippen LogP contribution in [-0.2, 0) is 22.6 Å². The van der Waals surface area contributed by atoms with E-state index >= 15 is 0 Å². The first kappa shape index (κ1) is 16.2. The SMILES string of the molecule is COC(C)(C)CCOCc1cc(CNC(C)C)co1. The number of nitrogens with one attached hydrogen (secondary N) is 1. The zero-order chi connectivity index (χ0) is 14.3. The second-order valence-electron chi connectivity index (χ2n) is 5.72. The molecule has 0 fully saturated rings. The van der Waals surface area contributed by atoms with E-state index in [-0.39, 0.29) is 5.60 Å². The Balaban J connectivity index is 2.23. The molecule has 0 unspecified atom stereocenters. The van der Waals surface area contributed by atoms with Gasteiger partial charge in [-0.05, 0) is 26.3 Å². The standard InChI is InChI=1S/C15H27NO3/c1-12(2)16-9-13-8-14(19-10-13)11-18-7-6-15(3,4)17-5/h8,10,12,16H,6-7,9,11H2,1-5H3. The molecule has 0 saturated carbocycles. The third kappa shape index (κ3) is 6.76. The molecular weight excluding hydrogens is 242 g/mol. The van der Waals surface area contributed by atoms with Crippen LogP contribution in [0, 0.1) is 0 Å². The molecule has 0 amide bonds. The molecule has 110 valence electrons. The Morgan fingerprint density at radius 2 is 2.11 bits per heavy atom. The van der Waals surface area contributed by atoms with Crippen LogP contribution in [0.25, 0.3) is 0 Å². The van der Waals surface area contributed by atoms with Crippen LogP contribution in [0.15, 0.2) is 16.7 Å². The van der Waals surface area contributed by atoms with E-state index in [2.05, 4.69) is 33.0 Å². The summed E-state index contributed by atoms with van der Waals surface area (Å²) >= 11 is 0. The molecule has 0 spiro atoms. The van der Waals surface area contributed by atoms with Crippen LogP contribution in [0.4, 0.5) is 0 Å². The maximum atomic E-state index is 5.60. The van der Waals surface area contributed by atoms with E-state index in [1.54, 1.807) is 13.4 Å². The summed E-state index contributed by atoms with van der Waals surface area (Å²) in [6.45, 7) is 10.4. The molecule has 4 nitrogen and oxygen atoms in total. The van der Waals surface area contributed by atoms with Crippen LogP contribution in [0.2, 0.25) is 0 Å². The van der Waals surface area contributed by atoms with Gasteiger partial charge in [-0.15, -0.1) is 0 Å². The van der Waals surface area contributed by atoms with E-state index in [9.17, 15) is 0 Å². The Morgan fingerprint density at radius 1 is 1.37 bits per heavy atom. The van der Waals surface area contributed by atoms with Gasteiger partial charge in [0.05, 0.1) is 11.9 Å². The highest BCUT2D eigenvalue weighted by atomic mass is 16.5. The first-order valence-electron chi connectivity index (χ1n) is 6.85. The molecule has 0 aromatic carbocycles. The summed E-state index contributed by atoms with van der Waals surface area (Å²) in [5, 5.41) is 3.35. The van der Waals surface area contributed by atoms with E-state index in [1.807, 2.05) is 6.07 Å². The minimum absolute atomic E-state index is 0.129. The molecule has 1 rings (SSSR count). The van der Waals surface area contributed by atoms with Gasteiger partial charge in [0.15, 0.2) is 0 Å². The van der Waals surface area contributed by atoms with Crippen molar-refractivity contribution in [2.24, 2.45) is 0 Å². The fraction of sp³-hybridized carbons (Fsp3) is 0.733. The number of ether oxygens (including phenoxy) is 2. The van der Waals surface area contributed by atoms with Crippen LogP contribution in [-0.4, -0.2) is 25.4 Å². The Kier molecular flexibility index (Phi) is 6.55. The van der Waals surface area contributed by atoms with Crippen molar-refractivity contribution in [2.75, 3.05) is 13.7 Å². The van der Waals surface area contributed by atoms with Crippen molar-refractivity contribution < 1.29 is 13.9 Å². The Morgan fingerprint density at radius 3 is 2.74 bits per heavy atom. The number of rotatable bonds is 9. The second-order valence-corrected chi connectivity index (χ2v) is 5.72. The van der Waals surface area contributed by atoms with E-state index in [0.29, 0.717) is 19.3 Å². The molecule has 1 aromatic heterocycles. The highest BCUT2D eigenvalue weighted by Crippen LogP contribution is 2.14. The van der Waals surface area contributed by atoms with Crippen LogP contribution in [0.5, 0.6) is 0 Å². The quantitative estimate of drug-likeness (QED) is 0.700. The fourth-order valence-electron chi connectivity index (χ4n) is 1.51. The molecule has 0 radical (unpaired) electrons. The van der Waals surface area contributed by atoms with Gasteiger partial charge in [0.2, 0.25) is 0 Å². The largest absolute Gasteiger partial charge is 0.467 e. The lowest BCUT2D eigenvalue weighted by molar-refractivity contribution is -0.0143. The average molecular weight is 269 g/mol. The summed E-state index contributed by atoms with van der Waals surface area (Å²) in [7, 11) is 1.72. The van der Waals surface area contributed by atoms with Gasteiger partial charge in [-0.25, -0.2) is 0 Å². The Bertz CT molecular complexity index is 358. The Hall–Kier alpha value is -0.840. The zero-order valence-corrected chi connectivity index (χ0v) is 12.8. The minimum atomic E-state index is -0.129. The van der Waals surface area contributed by atoms with Gasteiger partial charge in [0.1, 0.15) is 12.4 Å². The van der Waals surface area contributed by atoms with Gasteiger partial charge in [-0.1, -0.05) is 13.8 Å². The molecular formula is C15H27NO3. The number of hydrogen-bond donors (Lipinski definition) is 1. The number of methoxy groups -OCH3 is 1. The van der Waals surface area contributed by atoms with E-state index in [4.69, 9.17) is 13.9 Å². The molecule has 0 aliphatic rings. The fourth-order valence-corrected chi connectivity index (χ4v) is 1.51. The lowest BCUT2D eigenvalue weighted by Gasteiger charge is -2.22. The molecule has 0 atom stereocenters. The van der Waals surface area contributed by atoms with Gasteiger partial charge in [0, 0.05) is 31.9 Å². The van der Waals surface area contributed by atoms with Gasteiger partial charge in [-0.3, -0.25) is 0 Å². The molecule has 1 heterocycles. The van der Waals surface area contributed by atoms with Crippen LogP contribution in [0.3, 0.4) is 0 Å². The zero-order valence-electron chi connectivity index (χ0n) is 12.8. The van der Waals surface area contributed by atoms with E-state index < -0.39 is 0 Å². The van der Waals surface area contributed by atoms with Crippen molar-refractivity contribution in [3.63, 3.8) is 0 Å². The summed E-state index contributed by atoms with van der Waals surface area (Å²) in [5.41, 5.74) is 1.03. The monoisotopic (exact) mass is 269 g/mol. The van der Waals surface area contributed by atoms with Gasteiger partial charge >= 0.3 is 0 Å². The van der Waals surface area contributed by atoms with Crippen molar-refractivity contribution in [3.8, 4) is 0 Å². The van der Waals surface area contributed by atoms with Crippen molar-refractivity contribution >= 4 is 0 Å². The predicted molar refractivity (Wildman–Crippen MR) is 76.0 cm³/mol. The summed E-state index contributed by atoms with van der Waals surface area (Å²) < 4.78 is 16.4.